The zero-order valence-corrected chi connectivity index (χ0v) is 40.4. The first-order valence-corrected chi connectivity index (χ1v) is 26.5. The second-order valence-electron chi connectivity index (χ2n) is 18.3. The number of hydrogen-bond acceptors (Lipinski definition) is 6. The highest BCUT2D eigenvalue weighted by Gasteiger charge is 2.50. The van der Waals surface area contributed by atoms with Crippen LogP contribution in [0.4, 0.5) is 0 Å². The molecule has 3 unspecified atom stereocenters. The highest BCUT2D eigenvalue weighted by Crippen LogP contribution is 2.27. The topological polar surface area (TPSA) is 94.8 Å². The van der Waals surface area contributed by atoms with Crippen molar-refractivity contribution in [3.05, 3.63) is 12.2 Å². The van der Waals surface area contributed by atoms with Gasteiger partial charge in [-0.2, -0.15) is 0 Å². The molecule has 3 N–H and O–H groups in total. The Morgan fingerprint density at radius 1 is 0.424 bits per heavy atom. The Morgan fingerprint density at radius 3 is 1.03 bits per heavy atom. The van der Waals surface area contributed by atoms with Crippen LogP contribution in [0, 0.1) is 0 Å². The van der Waals surface area contributed by atoms with Crippen LogP contribution in [0.3, 0.4) is 0 Å². The molecule has 0 aliphatic carbocycles. The van der Waals surface area contributed by atoms with Gasteiger partial charge < -0.3 is 15.3 Å². The molecular weight excluding hydrogens is 749 g/mol. The minimum absolute atomic E-state index is 0.0682. The third kappa shape index (κ3) is 33.3. The summed E-state index contributed by atoms with van der Waals surface area (Å²) in [4.78, 5) is 26.9. The molecular formula is C53H100O5S. The average molecular weight is 849 g/mol. The van der Waals surface area contributed by atoms with Gasteiger partial charge in [0, 0.05) is 17.7 Å². The SMILES string of the molecule is CCCCCCCCC=CCCCCCCCC(=O)C(O)(C(=S)CCCCCCCCCCCCCCC)C(O)C(O)C(=O)CCCCCCCCCCCCCCC. The molecule has 3 atom stereocenters. The number of hydrogen-bond donors (Lipinski definition) is 3. The third-order valence-electron chi connectivity index (χ3n) is 12.6. The van der Waals surface area contributed by atoms with E-state index in [2.05, 4.69) is 32.9 Å². The maximum absolute atomic E-state index is 13.7. The van der Waals surface area contributed by atoms with Crippen LogP contribution in [-0.2, 0) is 9.59 Å². The van der Waals surface area contributed by atoms with Gasteiger partial charge >= 0.3 is 0 Å². The number of carbonyl (C=O) groups is 2. The molecule has 0 spiro atoms. The van der Waals surface area contributed by atoms with Crippen LogP contribution in [0.15, 0.2) is 12.2 Å². The monoisotopic (exact) mass is 849 g/mol. The van der Waals surface area contributed by atoms with E-state index in [1.165, 1.54) is 161 Å². The molecule has 0 rings (SSSR count). The molecule has 0 aliphatic heterocycles. The van der Waals surface area contributed by atoms with Crippen molar-refractivity contribution in [1.82, 2.24) is 0 Å². The molecule has 0 amide bonds. The van der Waals surface area contributed by atoms with Gasteiger partial charge in [-0.05, 0) is 51.4 Å². The standard InChI is InChI=1S/C53H100O5S/c1-4-7-10-13-16-19-22-25-26-29-31-34-37-40-43-46-49(55)53(58,50(59)47-44-41-38-35-32-28-24-21-18-15-12-9-6-3)52(57)51(56)48(54)45-42-39-36-33-30-27-23-20-17-14-11-8-5-2/h25-26,51-52,56-58H,4-24,27-47H2,1-3H3. The molecule has 5 nitrogen and oxygen atoms in total. The lowest BCUT2D eigenvalue weighted by molar-refractivity contribution is -0.154. The fraction of sp³-hybridized carbons (Fsp3) is 0.906. The van der Waals surface area contributed by atoms with Crippen molar-refractivity contribution in [2.24, 2.45) is 0 Å². The second kappa shape index (κ2) is 43.7. The highest BCUT2D eigenvalue weighted by atomic mass is 32.1. The Morgan fingerprint density at radius 2 is 0.695 bits per heavy atom. The van der Waals surface area contributed by atoms with Crippen LogP contribution in [0.25, 0.3) is 0 Å². The molecule has 0 aromatic heterocycles. The zero-order valence-electron chi connectivity index (χ0n) is 39.6. The van der Waals surface area contributed by atoms with Gasteiger partial charge in [0.25, 0.3) is 0 Å². The number of ketones is 2. The summed E-state index contributed by atoms with van der Waals surface area (Å²) in [6.45, 7) is 6.76. The molecule has 0 radical (unpaired) electrons. The van der Waals surface area contributed by atoms with E-state index in [0.717, 1.165) is 77.0 Å². The molecule has 0 saturated carbocycles. The number of carbonyl (C=O) groups excluding carboxylic acids is 2. The minimum atomic E-state index is -2.39. The van der Waals surface area contributed by atoms with Gasteiger partial charge in [-0.25, -0.2) is 0 Å². The van der Waals surface area contributed by atoms with E-state index in [0.29, 0.717) is 19.3 Å². The molecule has 59 heavy (non-hydrogen) atoms. The van der Waals surface area contributed by atoms with Crippen LogP contribution in [-0.4, -0.2) is 49.6 Å². The summed E-state index contributed by atoms with van der Waals surface area (Å²) < 4.78 is 0. The first kappa shape index (κ1) is 58.0. The maximum Gasteiger partial charge on any atom is 0.183 e. The van der Waals surface area contributed by atoms with Gasteiger partial charge in [0.15, 0.2) is 17.2 Å². The molecule has 0 fully saturated rings. The van der Waals surface area contributed by atoms with Gasteiger partial charge in [0.05, 0.1) is 0 Å². The van der Waals surface area contributed by atoms with E-state index in [-0.39, 0.29) is 17.7 Å². The number of rotatable bonds is 48. The quantitative estimate of drug-likeness (QED) is 0.0321. The van der Waals surface area contributed by atoms with E-state index in [1.54, 1.807) is 0 Å². The molecule has 0 bridgehead atoms. The Labute approximate surface area is 372 Å². The summed E-state index contributed by atoms with van der Waals surface area (Å²) in [5, 5.41) is 34.2. The van der Waals surface area contributed by atoms with Crippen LogP contribution >= 0.6 is 12.2 Å². The van der Waals surface area contributed by atoms with Crippen molar-refractivity contribution >= 4 is 28.6 Å². The second-order valence-corrected chi connectivity index (χ2v) is 18.8. The van der Waals surface area contributed by atoms with Crippen molar-refractivity contribution in [2.75, 3.05) is 0 Å². The van der Waals surface area contributed by atoms with E-state index < -0.39 is 29.4 Å². The number of unbranched alkanes of at least 4 members (excludes halogenated alkanes) is 35. The number of allylic oxidation sites excluding steroid dienone is 2. The van der Waals surface area contributed by atoms with E-state index in [4.69, 9.17) is 12.2 Å². The van der Waals surface area contributed by atoms with E-state index in [1.807, 2.05) is 0 Å². The Hall–Kier alpha value is -0.950. The Kier molecular flexibility index (Phi) is 43.0. The molecule has 0 aliphatic rings. The van der Waals surface area contributed by atoms with Gasteiger partial charge in [0.2, 0.25) is 0 Å². The summed E-state index contributed by atoms with van der Waals surface area (Å²) in [5.74, 6) is -1.08. The molecule has 348 valence electrons. The summed E-state index contributed by atoms with van der Waals surface area (Å²) in [5.41, 5.74) is -2.39. The summed E-state index contributed by atoms with van der Waals surface area (Å²) in [6.07, 6.45) is 47.5. The van der Waals surface area contributed by atoms with Crippen LogP contribution in [0.5, 0.6) is 0 Å². The predicted molar refractivity (Wildman–Crippen MR) is 260 cm³/mol. The van der Waals surface area contributed by atoms with Crippen molar-refractivity contribution in [3.8, 4) is 0 Å². The fourth-order valence-electron chi connectivity index (χ4n) is 8.40. The highest BCUT2D eigenvalue weighted by molar-refractivity contribution is 7.80. The number of aliphatic hydroxyl groups is 3. The molecule has 0 aromatic rings. The van der Waals surface area contributed by atoms with Crippen molar-refractivity contribution < 1.29 is 24.9 Å². The lowest BCUT2D eigenvalue weighted by atomic mass is 9.80. The smallest absolute Gasteiger partial charge is 0.183 e. The van der Waals surface area contributed by atoms with E-state index in [9.17, 15) is 24.9 Å². The Balaban J connectivity index is 4.79. The zero-order chi connectivity index (χ0) is 43.5. The first-order valence-electron chi connectivity index (χ1n) is 26.1. The number of thiocarbonyl (C=S) groups is 1. The van der Waals surface area contributed by atoms with Crippen molar-refractivity contribution in [3.63, 3.8) is 0 Å². The first-order chi connectivity index (χ1) is 28.8. The average Bonchev–Trinajstić information content (AvgIpc) is 3.24. The lowest BCUT2D eigenvalue weighted by Gasteiger charge is -2.34. The number of Topliss-reactive ketones (excluding diaryl/α,β-unsaturated/α-hetero) is 2. The minimum Gasteiger partial charge on any atom is -0.386 e. The predicted octanol–water partition coefficient (Wildman–Crippen LogP) is 15.9. The van der Waals surface area contributed by atoms with Gasteiger partial charge in [-0.1, -0.05) is 251 Å². The van der Waals surface area contributed by atoms with Crippen molar-refractivity contribution in [2.45, 2.75) is 308 Å². The van der Waals surface area contributed by atoms with Crippen LogP contribution in [0.1, 0.15) is 290 Å². The Bertz CT molecular complexity index is 981. The van der Waals surface area contributed by atoms with Crippen LogP contribution in [0.2, 0.25) is 0 Å². The van der Waals surface area contributed by atoms with Gasteiger partial charge in [0.1, 0.15) is 12.2 Å². The van der Waals surface area contributed by atoms with Crippen LogP contribution < -0.4 is 0 Å². The summed E-state index contributed by atoms with van der Waals surface area (Å²) in [7, 11) is 0. The normalized spacial score (nSPS) is 13.9. The molecule has 6 heteroatoms. The maximum atomic E-state index is 13.7. The van der Waals surface area contributed by atoms with Gasteiger partial charge in [-0.15, -0.1) is 0 Å². The van der Waals surface area contributed by atoms with Crippen molar-refractivity contribution in [1.29, 1.82) is 0 Å². The number of aliphatic hydroxyl groups excluding tert-OH is 2. The molecule has 0 heterocycles. The third-order valence-corrected chi connectivity index (χ3v) is 13.1. The molecule has 0 saturated heterocycles. The fourth-order valence-corrected chi connectivity index (χ4v) is 8.77. The summed E-state index contributed by atoms with van der Waals surface area (Å²) in [6, 6.07) is 0. The molecule has 0 aromatic carbocycles. The van der Waals surface area contributed by atoms with Gasteiger partial charge in [-0.3, -0.25) is 9.59 Å². The van der Waals surface area contributed by atoms with E-state index >= 15 is 0 Å². The lowest BCUT2D eigenvalue weighted by Crippen LogP contribution is -2.60. The largest absolute Gasteiger partial charge is 0.386 e. The summed E-state index contributed by atoms with van der Waals surface area (Å²) >= 11 is 5.68.